The van der Waals surface area contributed by atoms with Gasteiger partial charge in [-0.1, -0.05) is 23.2 Å². The van der Waals surface area contributed by atoms with Crippen molar-refractivity contribution in [3.8, 4) is 0 Å². The summed E-state index contributed by atoms with van der Waals surface area (Å²) in [5.74, 6) is -0.782. The largest absolute Gasteiger partial charge is 0.294 e. The van der Waals surface area contributed by atoms with Gasteiger partial charge in [0.05, 0.1) is 5.56 Å². The third-order valence-electron chi connectivity index (χ3n) is 2.03. The van der Waals surface area contributed by atoms with E-state index in [-0.39, 0.29) is 28.1 Å². The molecule has 0 unspecified atom stereocenters. The number of aromatic nitrogens is 1. The van der Waals surface area contributed by atoms with Crippen LogP contribution in [0.25, 0.3) is 0 Å². The van der Waals surface area contributed by atoms with Crippen LogP contribution in [0.1, 0.15) is 22.3 Å². The van der Waals surface area contributed by atoms with Crippen LogP contribution in [0, 0.1) is 5.82 Å². The van der Waals surface area contributed by atoms with E-state index >= 15 is 0 Å². The van der Waals surface area contributed by atoms with E-state index in [1.54, 1.807) is 0 Å². The van der Waals surface area contributed by atoms with Crippen LogP contribution in [0.2, 0.25) is 10.3 Å². The first-order chi connectivity index (χ1) is 6.11. The minimum atomic E-state index is -0.619. The second kappa shape index (κ2) is 2.93. The maximum Gasteiger partial charge on any atom is 0.166 e. The highest BCUT2D eigenvalue weighted by Crippen LogP contribution is 2.32. The van der Waals surface area contributed by atoms with Gasteiger partial charge in [0.25, 0.3) is 0 Å². The van der Waals surface area contributed by atoms with Crippen molar-refractivity contribution in [1.29, 1.82) is 0 Å². The number of hydrogen-bond acceptors (Lipinski definition) is 2. The Morgan fingerprint density at radius 2 is 1.92 bits per heavy atom. The summed E-state index contributed by atoms with van der Waals surface area (Å²) >= 11 is 11.1. The number of halogens is 3. The van der Waals surface area contributed by atoms with E-state index in [0.717, 1.165) is 0 Å². The topological polar surface area (TPSA) is 30.0 Å². The van der Waals surface area contributed by atoms with Gasteiger partial charge in [-0.15, -0.1) is 0 Å². The fraction of sp³-hybridized carbons (Fsp3) is 0.250. The molecule has 13 heavy (non-hydrogen) atoms. The van der Waals surface area contributed by atoms with Gasteiger partial charge in [-0.2, -0.15) is 0 Å². The average molecular weight is 220 g/mol. The SMILES string of the molecule is O=C1CCc2c(F)c(Cl)nc(Cl)c21. The molecule has 2 nitrogen and oxygen atoms in total. The molecular formula is C8H4Cl2FNO. The molecule has 0 bridgehead atoms. The highest BCUT2D eigenvalue weighted by Gasteiger charge is 2.28. The molecule has 1 heterocycles. The lowest BCUT2D eigenvalue weighted by Gasteiger charge is -2.02. The third kappa shape index (κ3) is 1.23. The molecule has 0 atom stereocenters. The molecule has 2 rings (SSSR count). The molecular weight excluding hydrogens is 216 g/mol. The van der Waals surface area contributed by atoms with Gasteiger partial charge in [0.1, 0.15) is 5.15 Å². The zero-order chi connectivity index (χ0) is 9.59. The van der Waals surface area contributed by atoms with Gasteiger partial charge < -0.3 is 0 Å². The van der Waals surface area contributed by atoms with E-state index in [1.165, 1.54) is 0 Å². The van der Waals surface area contributed by atoms with E-state index in [4.69, 9.17) is 23.2 Å². The van der Waals surface area contributed by atoms with Gasteiger partial charge in [-0.25, -0.2) is 9.37 Å². The van der Waals surface area contributed by atoms with Crippen LogP contribution in [0.3, 0.4) is 0 Å². The molecule has 1 aliphatic carbocycles. The predicted octanol–water partition coefficient (Wildman–Crippen LogP) is 2.66. The zero-order valence-electron chi connectivity index (χ0n) is 6.40. The number of rotatable bonds is 0. The van der Waals surface area contributed by atoms with Crippen LogP contribution < -0.4 is 0 Å². The lowest BCUT2D eigenvalue weighted by atomic mass is 10.2. The number of fused-ring (bicyclic) bond motifs is 1. The smallest absolute Gasteiger partial charge is 0.166 e. The maximum atomic E-state index is 13.3. The summed E-state index contributed by atoms with van der Waals surface area (Å²) in [6, 6.07) is 0. The standard InChI is InChI=1S/C8H4Cl2FNO/c9-7-5-3(1-2-4(5)13)6(11)8(10)12-7/h1-2H2. The van der Waals surface area contributed by atoms with Gasteiger partial charge in [0.2, 0.25) is 0 Å². The monoisotopic (exact) mass is 219 g/mol. The van der Waals surface area contributed by atoms with Gasteiger partial charge in [-0.05, 0) is 6.42 Å². The number of carbonyl (C=O) groups excluding carboxylic acids is 1. The van der Waals surface area contributed by atoms with Crippen molar-refractivity contribution >= 4 is 29.0 Å². The molecule has 0 N–H and O–H groups in total. The minimum Gasteiger partial charge on any atom is -0.294 e. The second-order valence-corrected chi connectivity index (χ2v) is 3.50. The van der Waals surface area contributed by atoms with E-state index in [9.17, 15) is 9.18 Å². The van der Waals surface area contributed by atoms with Crippen molar-refractivity contribution < 1.29 is 9.18 Å². The summed E-state index contributed by atoms with van der Waals surface area (Å²) < 4.78 is 13.3. The van der Waals surface area contributed by atoms with Gasteiger partial charge >= 0.3 is 0 Å². The Balaban J connectivity index is 2.76. The molecule has 0 amide bonds. The number of ketones is 1. The van der Waals surface area contributed by atoms with Crippen LogP contribution in [0.5, 0.6) is 0 Å². The Morgan fingerprint density at radius 3 is 2.62 bits per heavy atom. The first-order valence-electron chi connectivity index (χ1n) is 3.68. The Labute approximate surface area is 83.7 Å². The first-order valence-corrected chi connectivity index (χ1v) is 4.43. The summed E-state index contributed by atoms with van der Waals surface area (Å²) in [6.45, 7) is 0. The fourth-order valence-electron chi connectivity index (χ4n) is 1.43. The molecule has 0 radical (unpaired) electrons. The van der Waals surface area contributed by atoms with Gasteiger partial charge in [-0.3, -0.25) is 4.79 Å². The lowest BCUT2D eigenvalue weighted by molar-refractivity contribution is 0.0994. The molecule has 1 aromatic heterocycles. The summed E-state index contributed by atoms with van der Waals surface area (Å²) in [5.41, 5.74) is 0.499. The van der Waals surface area contributed by atoms with Gasteiger partial charge in [0, 0.05) is 12.0 Å². The van der Waals surface area contributed by atoms with Gasteiger partial charge in [0.15, 0.2) is 16.8 Å². The van der Waals surface area contributed by atoms with E-state index in [0.29, 0.717) is 12.0 Å². The van der Waals surface area contributed by atoms with Crippen LogP contribution in [-0.2, 0) is 6.42 Å². The Kier molecular flexibility index (Phi) is 2.00. The summed E-state index contributed by atoms with van der Waals surface area (Å²) in [5, 5.41) is -0.262. The van der Waals surface area contributed by atoms with E-state index < -0.39 is 5.82 Å². The zero-order valence-corrected chi connectivity index (χ0v) is 7.92. The van der Waals surface area contributed by atoms with E-state index in [1.807, 2.05) is 0 Å². The summed E-state index contributed by atoms with van der Waals surface area (Å²) in [4.78, 5) is 14.7. The number of hydrogen-bond donors (Lipinski definition) is 0. The molecule has 0 fully saturated rings. The predicted molar refractivity (Wildman–Crippen MR) is 46.9 cm³/mol. The van der Waals surface area contributed by atoms with Crippen molar-refractivity contribution in [1.82, 2.24) is 4.98 Å². The number of pyridine rings is 1. The summed E-state index contributed by atoms with van der Waals surface area (Å²) in [7, 11) is 0. The number of nitrogens with zero attached hydrogens (tertiary/aromatic N) is 1. The third-order valence-corrected chi connectivity index (χ3v) is 2.56. The molecule has 0 saturated carbocycles. The molecule has 5 heteroatoms. The molecule has 1 aromatic rings. The first kappa shape index (κ1) is 8.91. The molecule has 68 valence electrons. The van der Waals surface area contributed by atoms with Crippen molar-refractivity contribution in [2.24, 2.45) is 0 Å². The quantitative estimate of drug-likeness (QED) is 0.629. The van der Waals surface area contributed by atoms with Crippen molar-refractivity contribution in [2.45, 2.75) is 12.8 Å². The van der Waals surface area contributed by atoms with Crippen LogP contribution >= 0.6 is 23.2 Å². The highest BCUT2D eigenvalue weighted by molar-refractivity contribution is 6.35. The average Bonchev–Trinajstić information content (AvgIpc) is 2.44. The Morgan fingerprint density at radius 1 is 1.23 bits per heavy atom. The summed E-state index contributed by atoms with van der Waals surface area (Å²) in [6.07, 6.45) is 0.649. The second-order valence-electron chi connectivity index (χ2n) is 2.78. The number of Topliss-reactive ketones (excluding diaryl/α,β-unsaturated/α-hetero) is 1. The number of carbonyl (C=O) groups is 1. The molecule has 0 spiro atoms. The minimum absolute atomic E-state index is 0.00361. The molecule has 0 saturated heterocycles. The van der Waals surface area contributed by atoms with Crippen LogP contribution in [0.4, 0.5) is 4.39 Å². The normalized spacial score (nSPS) is 14.8. The van der Waals surface area contributed by atoms with Crippen molar-refractivity contribution in [3.63, 3.8) is 0 Å². The Bertz CT molecular complexity index is 406. The Hall–Kier alpha value is -0.670. The fourth-order valence-corrected chi connectivity index (χ4v) is 1.98. The maximum absolute atomic E-state index is 13.3. The molecule has 0 aliphatic heterocycles. The van der Waals surface area contributed by atoms with Crippen molar-refractivity contribution in [2.75, 3.05) is 0 Å². The highest BCUT2D eigenvalue weighted by atomic mass is 35.5. The van der Waals surface area contributed by atoms with Crippen LogP contribution in [-0.4, -0.2) is 10.8 Å². The molecule has 1 aliphatic rings. The van der Waals surface area contributed by atoms with Crippen molar-refractivity contribution in [3.05, 3.63) is 27.3 Å². The lowest BCUT2D eigenvalue weighted by Crippen LogP contribution is -1.98. The van der Waals surface area contributed by atoms with Crippen LogP contribution in [0.15, 0.2) is 0 Å². The van der Waals surface area contributed by atoms with E-state index in [2.05, 4.69) is 4.98 Å². The molecule has 0 aromatic carbocycles.